The standard InChI is InChI=1S/C8H9F3N2O2S/c9-8(10,11)3-4-12-5-6-1-2-7(16-6)13(14)15/h1-2,12H,3-5H2. The Labute approximate surface area is 93.2 Å². The van der Waals surface area contributed by atoms with Gasteiger partial charge in [-0.2, -0.15) is 13.2 Å². The quantitative estimate of drug-likeness (QED) is 0.499. The van der Waals surface area contributed by atoms with Crippen molar-refractivity contribution in [2.75, 3.05) is 6.54 Å². The first-order chi connectivity index (χ1) is 7.38. The molecule has 0 aromatic carbocycles. The number of alkyl halides is 3. The summed E-state index contributed by atoms with van der Waals surface area (Å²) in [4.78, 5) is 10.4. The Morgan fingerprint density at radius 3 is 2.62 bits per heavy atom. The molecule has 1 N–H and O–H groups in total. The summed E-state index contributed by atoms with van der Waals surface area (Å²) < 4.78 is 35.3. The third-order valence-corrected chi connectivity index (χ3v) is 2.75. The van der Waals surface area contributed by atoms with Gasteiger partial charge in [-0.05, 0) is 6.07 Å². The molecule has 0 saturated carbocycles. The molecule has 0 amide bonds. The van der Waals surface area contributed by atoms with Crippen molar-refractivity contribution in [1.29, 1.82) is 0 Å². The number of nitrogens with zero attached hydrogens (tertiary/aromatic N) is 1. The molecule has 1 heterocycles. The van der Waals surface area contributed by atoms with Crippen molar-refractivity contribution in [2.45, 2.75) is 19.1 Å². The molecule has 4 nitrogen and oxygen atoms in total. The Morgan fingerprint density at radius 2 is 2.12 bits per heavy atom. The number of thiophene rings is 1. The molecule has 1 rings (SSSR count). The summed E-state index contributed by atoms with van der Waals surface area (Å²) >= 11 is 0.956. The molecule has 1 aromatic heterocycles. The van der Waals surface area contributed by atoms with E-state index in [2.05, 4.69) is 5.32 Å². The molecule has 0 aliphatic rings. The van der Waals surface area contributed by atoms with Crippen LogP contribution in [-0.4, -0.2) is 17.6 Å². The van der Waals surface area contributed by atoms with E-state index < -0.39 is 17.5 Å². The Bertz CT molecular complexity index is 364. The van der Waals surface area contributed by atoms with Gasteiger partial charge in [-0.1, -0.05) is 11.3 Å². The zero-order chi connectivity index (χ0) is 12.2. The first-order valence-corrected chi connectivity index (χ1v) is 5.21. The smallest absolute Gasteiger partial charge is 0.312 e. The highest BCUT2D eigenvalue weighted by Gasteiger charge is 2.25. The average Bonchev–Trinajstić information content (AvgIpc) is 2.59. The Balaban J connectivity index is 2.30. The third-order valence-electron chi connectivity index (χ3n) is 1.71. The topological polar surface area (TPSA) is 55.2 Å². The fraction of sp³-hybridized carbons (Fsp3) is 0.500. The van der Waals surface area contributed by atoms with Crippen LogP contribution < -0.4 is 5.32 Å². The van der Waals surface area contributed by atoms with Gasteiger partial charge in [-0.3, -0.25) is 10.1 Å². The van der Waals surface area contributed by atoms with Gasteiger partial charge < -0.3 is 5.32 Å². The molecule has 0 saturated heterocycles. The minimum atomic E-state index is -4.17. The number of hydrogen-bond acceptors (Lipinski definition) is 4. The van der Waals surface area contributed by atoms with Crippen LogP contribution in [0.5, 0.6) is 0 Å². The zero-order valence-corrected chi connectivity index (χ0v) is 8.90. The van der Waals surface area contributed by atoms with Crippen molar-refractivity contribution in [3.63, 3.8) is 0 Å². The van der Waals surface area contributed by atoms with Crippen molar-refractivity contribution >= 4 is 16.3 Å². The third kappa shape index (κ3) is 4.58. The molecular weight excluding hydrogens is 245 g/mol. The van der Waals surface area contributed by atoms with Crippen LogP contribution in [-0.2, 0) is 6.54 Å². The van der Waals surface area contributed by atoms with Crippen molar-refractivity contribution in [3.8, 4) is 0 Å². The molecule has 0 bridgehead atoms. The van der Waals surface area contributed by atoms with Gasteiger partial charge in [0, 0.05) is 24.0 Å². The number of halogens is 3. The van der Waals surface area contributed by atoms with Crippen LogP contribution in [0.4, 0.5) is 18.2 Å². The average molecular weight is 254 g/mol. The molecule has 8 heteroatoms. The maximum Gasteiger partial charge on any atom is 0.390 e. The van der Waals surface area contributed by atoms with Crippen molar-refractivity contribution in [2.24, 2.45) is 0 Å². The Kier molecular flexibility index (Phi) is 4.25. The molecule has 0 radical (unpaired) electrons. The fourth-order valence-electron chi connectivity index (χ4n) is 1.00. The van der Waals surface area contributed by atoms with E-state index in [0.29, 0.717) is 4.88 Å². The van der Waals surface area contributed by atoms with Gasteiger partial charge in [-0.25, -0.2) is 0 Å². The molecule has 16 heavy (non-hydrogen) atoms. The normalized spacial score (nSPS) is 11.7. The van der Waals surface area contributed by atoms with Crippen molar-refractivity contribution in [1.82, 2.24) is 5.32 Å². The predicted octanol–water partition coefficient (Wildman–Crippen LogP) is 2.70. The fourth-order valence-corrected chi connectivity index (χ4v) is 1.79. The molecule has 0 atom stereocenters. The Hall–Kier alpha value is -1.15. The van der Waals surface area contributed by atoms with E-state index in [1.165, 1.54) is 12.1 Å². The van der Waals surface area contributed by atoms with Crippen LogP contribution >= 0.6 is 11.3 Å². The van der Waals surface area contributed by atoms with Gasteiger partial charge in [-0.15, -0.1) is 0 Å². The summed E-state index contributed by atoms with van der Waals surface area (Å²) in [5.41, 5.74) is 0. The monoisotopic (exact) mass is 254 g/mol. The van der Waals surface area contributed by atoms with Crippen LogP contribution in [0.15, 0.2) is 12.1 Å². The summed E-state index contributed by atoms with van der Waals surface area (Å²) in [6.07, 6.45) is -5.07. The van der Waals surface area contributed by atoms with Crippen LogP contribution in [0.3, 0.4) is 0 Å². The maximum absolute atomic E-state index is 11.8. The van der Waals surface area contributed by atoms with E-state index in [1.54, 1.807) is 0 Å². The van der Waals surface area contributed by atoms with E-state index in [1.807, 2.05) is 0 Å². The summed E-state index contributed by atoms with van der Waals surface area (Å²) in [6.45, 7) is 0.0315. The molecule has 0 aliphatic heterocycles. The minimum absolute atomic E-state index is 0.00683. The van der Waals surface area contributed by atoms with Gasteiger partial charge in [0.25, 0.3) is 0 Å². The molecule has 1 aromatic rings. The molecule has 0 fully saturated rings. The highest BCUT2D eigenvalue weighted by molar-refractivity contribution is 7.15. The number of hydrogen-bond donors (Lipinski definition) is 1. The molecule has 0 unspecified atom stereocenters. The van der Waals surface area contributed by atoms with Gasteiger partial charge >= 0.3 is 11.2 Å². The largest absolute Gasteiger partial charge is 0.390 e. The molecule has 0 aliphatic carbocycles. The van der Waals surface area contributed by atoms with Gasteiger partial charge in [0.2, 0.25) is 0 Å². The first kappa shape index (κ1) is 12.9. The van der Waals surface area contributed by atoms with Gasteiger partial charge in [0.05, 0.1) is 11.3 Å². The van der Waals surface area contributed by atoms with Crippen molar-refractivity contribution < 1.29 is 18.1 Å². The Morgan fingerprint density at radius 1 is 1.44 bits per heavy atom. The number of nitrogens with one attached hydrogen (secondary N) is 1. The second kappa shape index (κ2) is 5.26. The van der Waals surface area contributed by atoms with E-state index in [0.717, 1.165) is 11.3 Å². The zero-order valence-electron chi connectivity index (χ0n) is 8.08. The van der Waals surface area contributed by atoms with E-state index in [-0.39, 0.29) is 18.1 Å². The minimum Gasteiger partial charge on any atom is -0.312 e. The lowest BCUT2D eigenvalue weighted by Gasteiger charge is -2.06. The molecular formula is C8H9F3N2O2S. The van der Waals surface area contributed by atoms with E-state index in [9.17, 15) is 23.3 Å². The van der Waals surface area contributed by atoms with Crippen LogP contribution in [0.2, 0.25) is 0 Å². The van der Waals surface area contributed by atoms with Crippen LogP contribution in [0, 0.1) is 10.1 Å². The second-order valence-electron chi connectivity index (χ2n) is 3.04. The highest BCUT2D eigenvalue weighted by atomic mass is 32.1. The summed E-state index contributed by atoms with van der Waals surface area (Å²) in [6, 6.07) is 2.87. The summed E-state index contributed by atoms with van der Waals surface area (Å²) in [7, 11) is 0. The maximum atomic E-state index is 11.8. The lowest BCUT2D eigenvalue weighted by molar-refractivity contribution is -0.380. The van der Waals surface area contributed by atoms with Gasteiger partial charge in [0.15, 0.2) is 0 Å². The number of nitro groups is 1. The number of rotatable bonds is 5. The van der Waals surface area contributed by atoms with Crippen LogP contribution in [0.1, 0.15) is 11.3 Å². The summed E-state index contributed by atoms with van der Waals surface area (Å²) in [5.74, 6) is 0. The second-order valence-corrected chi connectivity index (χ2v) is 4.19. The van der Waals surface area contributed by atoms with Crippen LogP contribution in [0.25, 0.3) is 0 Å². The lowest BCUT2D eigenvalue weighted by Crippen LogP contribution is -2.20. The SMILES string of the molecule is O=[N+]([O-])c1ccc(CNCCC(F)(F)F)s1. The summed E-state index contributed by atoms with van der Waals surface area (Å²) in [5, 5.41) is 12.9. The first-order valence-electron chi connectivity index (χ1n) is 4.39. The molecule has 90 valence electrons. The van der Waals surface area contributed by atoms with E-state index >= 15 is 0 Å². The predicted molar refractivity (Wildman–Crippen MR) is 53.4 cm³/mol. The van der Waals surface area contributed by atoms with Gasteiger partial charge in [0.1, 0.15) is 0 Å². The highest BCUT2D eigenvalue weighted by Crippen LogP contribution is 2.24. The lowest BCUT2D eigenvalue weighted by atomic mass is 10.4. The molecule has 0 spiro atoms. The van der Waals surface area contributed by atoms with E-state index in [4.69, 9.17) is 0 Å². The van der Waals surface area contributed by atoms with Crippen molar-refractivity contribution in [3.05, 3.63) is 27.1 Å².